The number of carbonyl (C=O) groups is 2. The molecule has 0 aromatic carbocycles. The molecule has 0 bridgehead atoms. The topological polar surface area (TPSA) is 67.2 Å². The van der Waals surface area contributed by atoms with E-state index in [2.05, 4.69) is 17.2 Å². The molecule has 3 heterocycles. The van der Waals surface area contributed by atoms with Crippen molar-refractivity contribution in [3.05, 3.63) is 17.2 Å². The molecule has 1 aromatic heterocycles. The first-order valence-electron chi connectivity index (χ1n) is 10.0. The second-order valence-corrected chi connectivity index (χ2v) is 8.60. The van der Waals surface area contributed by atoms with E-state index in [1.165, 1.54) is 6.42 Å². The quantitative estimate of drug-likeness (QED) is 0.900. The van der Waals surface area contributed by atoms with Crippen LogP contribution in [0, 0.1) is 0 Å². The highest BCUT2D eigenvalue weighted by molar-refractivity contribution is 5.97. The van der Waals surface area contributed by atoms with E-state index in [1.807, 2.05) is 30.2 Å². The van der Waals surface area contributed by atoms with Crippen molar-refractivity contribution in [2.45, 2.75) is 90.8 Å². The number of nitrogens with one attached hydrogen (secondary N) is 1. The first kappa shape index (κ1) is 18.9. The van der Waals surface area contributed by atoms with Crippen molar-refractivity contribution in [3.63, 3.8) is 0 Å². The van der Waals surface area contributed by atoms with Gasteiger partial charge in [-0.05, 0) is 65.7 Å². The molecule has 144 valence electrons. The number of hydrogen-bond donors (Lipinski definition) is 1. The lowest BCUT2D eigenvalue weighted by Gasteiger charge is -2.35. The Bertz CT molecular complexity index is 687. The summed E-state index contributed by atoms with van der Waals surface area (Å²) in [4.78, 5) is 32.6. The van der Waals surface area contributed by atoms with E-state index in [4.69, 9.17) is 0 Å². The van der Waals surface area contributed by atoms with Gasteiger partial charge in [0, 0.05) is 24.7 Å². The summed E-state index contributed by atoms with van der Waals surface area (Å²) in [5, 5.41) is 3.00. The summed E-state index contributed by atoms with van der Waals surface area (Å²) in [5.41, 5.74) is 1.03. The molecule has 1 N–H and O–H groups in total. The molecule has 3 rings (SSSR count). The van der Waals surface area contributed by atoms with Crippen molar-refractivity contribution >= 4 is 11.8 Å². The van der Waals surface area contributed by atoms with Crippen LogP contribution in [-0.4, -0.2) is 44.4 Å². The van der Waals surface area contributed by atoms with Gasteiger partial charge < -0.3 is 14.8 Å². The number of imidazole rings is 1. The van der Waals surface area contributed by atoms with Gasteiger partial charge in [-0.1, -0.05) is 6.92 Å². The third-order valence-corrected chi connectivity index (χ3v) is 5.37. The summed E-state index contributed by atoms with van der Waals surface area (Å²) in [6.07, 6.45) is 7.14. The van der Waals surface area contributed by atoms with Crippen LogP contribution in [0.4, 0.5) is 0 Å². The molecular formula is C20H32N4O2. The Balaban J connectivity index is 1.94. The van der Waals surface area contributed by atoms with Crippen molar-refractivity contribution in [1.29, 1.82) is 0 Å². The first-order chi connectivity index (χ1) is 12.3. The second-order valence-electron chi connectivity index (χ2n) is 8.60. The molecule has 1 fully saturated rings. The molecule has 2 amide bonds. The predicted octanol–water partition coefficient (Wildman–Crippen LogP) is 3.15. The van der Waals surface area contributed by atoms with Gasteiger partial charge in [0.25, 0.3) is 11.8 Å². The Morgan fingerprint density at radius 1 is 1.15 bits per heavy atom. The zero-order chi connectivity index (χ0) is 18.9. The van der Waals surface area contributed by atoms with Gasteiger partial charge in [0.1, 0.15) is 5.69 Å². The van der Waals surface area contributed by atoms with Gasteiger partial charge >= 0.3 is 0 Å². The lowest BCUT2D eigenvalue weighted by Crippen LogP contribution is -2.44. The van der Waals surface area contributed by atoms with E-state index in [0.717, 1.165) is 57.3 Å². The Kier molecular flexibility index (Phi) is 5.39. The SMILES string of the molecule is CCC1CCCCN1C(=O)c1nc(C(=O)NC(C)(C)C)c2n1CCCC2. The number of aromatic nitrogens is 2. The molecule has 1 saturated heterocycles. The monoisotopic (exact) mass is 360 g/mol. The van der Waals surface area contributed by atoms with Crippen LogP contribution in [0.5, 0.6) is 0 Å². The summed E-state index contributed by atoms with van der Waals surface area (Å²) >= 11 is 0. The fourth-order valence-corrected chi connectivity index (χ4v) is 4.11. The molecule has 0 aliphatic carbocycles. The smallest absolute Gasteiger partial charge is 0.290 e. The van der Waals surface area contributed by atoms with E-state index in [0.29, 0.717) is 17.6 Å². The van der Waals surface area contributed by atoms with Gasteiger partial charge in [-0.25, -0.2) is 4.98 Å². The maximum absolute atomic E-state index is 13.3. The summed E-state index contributed by atoms with van der Waals surface area (Å²) in [6.45, 7) is 9.58. The summed E-state index contributed by atoms with van der Waals surface area (Å²) in [7, 11) is 0. The maximum atomic E-state index is 13.3. The van der Waals surface area contributed by atoms with Crippen LogP contribution in [0.25, 0.3) is 0 Å². The molecule has 26 heavy (non-hydrogen) atoms. The minimum atomic E-state index is -0.327. The van der Waals surface area contributed by atoms with E-state index in [-0.39, 0.29) is 17.4 Å². The number of piperidine rings is 1. The van der Waals surface area contributed by atoms with Gasteiger partial charge in [-0.2, -0.15) is 0 Å². The molecule has 1 atom stereocenters. The van der Waals surface area contributed by atoms with E-state index < -0.39 is 0 Å². The molecule has 2 aliphatic rings. The number of carbonyl (C=O) groups excluding carboxylic acids is 2. The maximum Gasteiger partial charge on any atom is 0.290 e. The number of nitrogens with zero attached hydrogens (tertiary/aromatic N) is 3. The standard InChI is InChI=1S/C20H32N4O2/c1-5-14-10-6-8-12-23(14)19(26)17-21-16(18(25)22-20(2,3)4)15-11-7-9-13-24(15)17/h14H,5-13H2,1-4H3,(H,22,25). The number of amides is 2. The van der Waals surface area contributed by atoms with Crippen molar-refractivity contribution < 1.29 is 9.59 Å². The van der Waals surface area contributed by atoms with E-state index in [1.54, 1.807) is 0 Å². The van der Waals surface area contributed by atoms with Crippen LogP contribution >= 0.6 is 0 Å². The van der Waals surface area contributed by atoms with Crippen LogP contribution in [0.15, 0.2) is 0 Å². The minimum Gasteiger partial charge on any atom is -0.346 e. The van der Waals surface area contributed by atoms with Crippen LogP contribution in [-0.2, 0) is 13.0 Å². The average molecular weight is 361 g/mol. The molecule has 0 spiro atoms. The average Bonchev–Trinajstić information content (AvgIpc) is 2.99. The molecule has 6 heteroatoms. The van der Waals surface area contributed by atoms with Gasteiger partial charge in [0.2, 0.25) is 0 Å². The molecule has 6 nitrogen and oxygen atoms in total. The van der Waals surface area contributed by atoms with Gasteiger partial charge in [-0.3, -0.25) is 9.59 Å². The predicted molar refractivity (Wildman–Crippen MR) is 101 cm³/mol. The van der Waals surface area contributed by atoms with Crippen molar-refractivity contribution in [3.8, 4) is 0 Å². The van der Waals surface area contributed by atoms with Crippen LogP contribution in [0.2, 0.25) is 0 Å². The van der Waals surface area contributed by atoms with Gasteiger partial charge in [0.05, 0.1) is 5.69 Å². The molecule has 0 saturated carbocycles. The first-order valence-corrected chi connectivity index (χ1v) is 10.0. The molecule has 1 aromatic rings. The largest absolute Gasteiger partial charge is 0.346 e. The van der Waals surface area contributed by atoms with Crippen molar-refractivity contribution in [1.82, 2.24) is 19.8 Å². The molecule has 1 unspecified atom stereocenters. The normalized spacial score (nSPS) is 20.6. The summed E-state index contributed by atoms with van der Waals surface area (Å²) in [5.74, 6) is 0.279. The lowest BCUT2D eigenvalue weighted by atomic mass is 10.00. The number of fused-ring (bicyclic) bond motifs is 1. The van der Waals surface area contributed by atoms with Gasteiger partial charge in [-0.15, -0.1) is 0 Å². The summed E-state index contributed by atoms with van der Waals surface area (Å²) < 4.78 is 2.00. The summed E-state index contributed by atoms with van der Waals surface area (Å²) in [6, 6.07) is 0.291. The third-order valence-electron chi connectivity index (χ3n) is 5.37. The fourth-order valence-electron chi connectivity index (χ4n) is 4.11. The zero-order valence-corrected chi connectivity index (χ0v) is 16.6. The Morgan fingerprint density at radius 3 is 2.58 bits per heavy atom. The van der Waals surface area contributed by atoms with Crippen LogP contribution < -0.4 is 5.32 Å². The number of likely N-dealkylation sites (tertiary alicyclic amines) is 1. The van der Waals surface area contributed by atoms with Crippen molar-refractivity contribution in [2.24, 2.45) is 0 Å². The minimum absolute atomic E-state index is 0.00508. The van der Waals surface area contributed by atoms with E-state index in [9.17, 15) is 9.59 Å². The second kappa shape index (κ2) is 7.41. The fraction of sp³-hybridized carbons (Fsp3) is 0.750. The third kappa shape index (κ3) is 3.79. The molecular weight excluding hydrogens is 328 g/mol. The number of hydrogen-bond acceptors (Lipinski definition) is 3. The molecule has 2 aliphatic heterocycles. The Hall–Kier alpha value is -1.85. The lowest BCUT2D eigenvalue weighted by molar-refractivity contribution is 0.0589. The number of rotatable bonds is 3. The molecule has 0 radical (unpaired) electrons. The Morgan fingerprint density at radius 2 is 1.88 bits per heavy atom. The Labute approximate surface area is 156 Å². The van der Waals surface area contributed by atoms with Crippen LogP contribution in [0.1, 0.15) is 93.0 Å². The van der Waals surface area contributed by atoms with Crippen LogP contribution in [0.3, 0.4) is 0 Å². The highest BCUT2D eigenvalue weighted by Crippen LogP contribution is 2.26. The highest BCUT2D eigenvalue weighted by Gasteiger charge is 2.33. The zero-order valence-electron chi connectivity index (χ0n) is 16.6. The van der Waals surface area contributed by atoms with E-state index >= 15 is 0 Å². The van der Waals surface area contributed by atoms with Crippen molar-refractivity contribution in [2.75, 3.05) is 6.54 Å². The van der Waals surface area contributed by atoms with Gasteiger partial charge in [0.15, 0.2) is 5.82 Å². The highest BCUT2D eigenvalue weighted by atomic mass is 16.2.